The first-order valence-electron chi connectivity index (χ1n) is 5.43. The van der Waals surface area contributed by atoms with Gasteiger partial charge < -0.3 is 10.1 Å². The normalized spacial score (nSPS) is 13.8. The molecule has 1 N–H and O–H groups in total. The van der Waals surface area contributed by atoms with Gasteiger partial charge in [-0.2, -0.15) is 0 Å². The van der Waals surface area contributed by atoms with E-state index in [4.69, 9.17) is 4.74 Å². The van der Waals surface area contributed by atoms with Crippen LogP contribution in [0.2, 0.25) is 0 Å². The summed E-state index contributed by atoms with van der Waals surface area (Å²) in [6, 6.07) is 4.06. The van der Waals surface area contributed by atoms with Crippen LogP contribution in [0.1, 0.15) is 10.4 Å². The van der Waals surface area contributed by atoms with Gasteiger partial charge in [-0.25, -0.2) is 0 Å². The number of nitrogens with zero attached hydrogens (tertiary/aromatic N) is 2. The summed E-state index contributed by atoms with van der Waals surface area (Å²) in [5, 5.41) is 14.0. The van der Waals surface area contributed by atoms with Crippen LogP contribution in [0.4, 0.5) is 5.69 Å². The van der Waals surface area contributed by atoms with Crippen LogP contribution in [-0.2, 0) is 0 Å². The summed E-state index contributed by atoms with van der Waals surface area (Å²) < 4.78 is 4.87. The van der Waals surface area contributed by atoms with E-state index in [2.05, 4.69) is 10.3 Å². The van der Waals surface area contributed by atoms with Crippen LogP contribution in [0.25, 0.3) is 0 Å². The number of carbonyl (C=O) groups is 1. The molecule has 1 heterocycles. The first kappa shape index (κ1) is 13.3. The molecule has 2 rings (SSSR count). The van der Waals surface area contributed by atoms with Crippen molar-refractivity contribution in [2.75, 3.05) is 19.4 Å². The number of amides is 1. The molecule has 0 aromatic heterocycles. The van der Waals surface area contributed by atoms with Gasteiger partial charge in [-0.05, 0) is 12.1 Å². The van der Waals surface area contributed by atoms with Crippen LogP contribution in [-0.4, -0.2) is 35.4 Å². The summed E-state index contributed by atoms with van der Waals surface area (Å²) in [6.45, 7) is 0.670. The van der Waals surface area contributed by atoms with Gasteiger partial charge in [0.1, 0.15) is 0 Å². The minimum atomic E-state index is -0.586. The number of thioether (sulfide) groups is 1. The zero-order valence-corrected chi connectivity index (χ0v) is 10.9. The van der Waals surface area contributed by atoms with Crippen molar-refractivity contribution in [2.45, 2.75) is 0 Å². The predicted molar refractivity (Wildman–Crippen MR) is 71.9 cm³/mol. The zero-order valence-electron chi connectivity index (χ0n) is 10.1. The van der Waals surface area contributed by atoms with Gasteiger partial charge in [-0.1, -0.05) is 11.8 Å². The Bertz CT molecular complexity index is 559. The molecule has 0 atom stereocenters. The Morgan fingerprint density at radius 2 is 2.37 bits per heavy atom. The molecule has 0 spiro atoms. The first-order valence-corrected chi connectivity index (χ1v) is 6.41. The van der Waals surface area contributed by atoms with Crippen molar-refractivity contribution in [1.82, 2.24) is 5.32 Å². The van der Waals surface area contributed by atoms with Crippen LogP contribution in [0.3, 0.4) is 0 Å². The molecule has 1 aliphatic rings. The Hall–Kier alpha value is -2.09. The minimum absolute atomic E-state index is 0.120. The van der Waals surface area contributed by atoms with E-state index < -0.39 is 10.8 Å². The largest absolute Gasteiger partial charge is 0.490 e. The summed E-state index contributed by atoms with van der Waals surface area (Å²) in [4.78, 5) is 26.3. The molecule has 19 heavy (non-hydrogen) atoms. The minimum Gasteiger partial charge on any atom is -0.490 e. The zero-order chi connectivity index (χ0) is 13.8. The van der Waals surface area contributed by atoms with Crippen molar-refractivity contribution >= 4 is 28.5 Å². The maximum atomic E-state index is 11.9. The molecular weight excluding hydrogens is 270 g/mol. The Labute approximate surface area is 113 Å². The second kappa shape index (κ2) is 5.70. The molecular formula is C11H11N3O4S. The van der Waals surface area contributed by atoms with Gasteiger partial charge in [0.25, 0.3) is 5.91 Å². The number of nitro groups is 1. The average Bonchev–Trinajstić information content (AvgIpc) is 2.90. The second-order valence-corrected chi connectivity index (χ2v) is 4.72. The van der Waals surface area contributed by atoms with E-state index in [9.17, 15) is 14.9 Å². The molecule has 8 heteroatoms. The van der Waals surface area contributed by atoms with Gasteiger partial charge in [0.15, 0.2) is 10.9 Å². The number of hydrogen-bond acceptors (Lipinski definition) is 6. The lowest BCUT2D eigenvalue weighted by Crippen LogP contribution is -2.27. The number of hydrogen-bond donors (Lipinski definition) is 1. The van der Waals surface area contributed by atoms with Crippen LogP contribution in [0.5, 0.6) is 5.75 Å². The van der Waals surface area contributed by atoms with E-state index in [0.29, 0.717) is 11.7 Å². The summed E-state index contributed by atoms with van der Waals surface area (Å²) in [7, 11) is 1.34. The average molecular weight is 281 g/mol. The smallest absolute Gasteiger partial charge is 0.311 e. The number of nitrogens with one attached hydrogen (secondary N) is 1. The number of nitro benzene ring substituents is 1. The molecule has 0 aliphatic carbocycles. The van der Waals surface area contributed by atoms with Gasteiger partial charge in [-0.15, -0.1) is 0 Å². The molecule has 0 radical (unpaired) electrons. The molecule has 7 nitrogen and oxygen atoms in total. The molecule has 0 saturated heterocycles. The molecule has 100 valence electrons. The fourth-order valence-electron chi connectivity index (χ4n) is 1.55. The Balaban J connectivity index is 2.22. The Morgan fingerprint density at radius 1 is 1.58 bits per heavy atom. The number of benzene rings is 1. The summed E-state index contributed by atoms with van der Waals surface area (Å²) in [5.74, 6) is 0.534. The number of aliphatic imine (C=N–C) groups is 1. The van der Waals surface area contributed by atoms with E-state index in [-0.39, 0.29) is 17.0 Å². The quantitative estimate of drug-likeness (QED) is 0.668. The van der Waals surface area contributed by atoms with Crippen molar-refractivity contribution in [2.24, 2.45) is 4.99 Å². The van der Waals surface area contributed by atoms with Crippen molar-refractivity contribution < 1.29 is 14.5 Å². The number of amidine groups is 1. The standard InChI is InChI=1S/C11H11N3O4S/c1-18-9-3-2-7(6-8(9)14(16)17)10(15)13-11-12-4-5-19-11/h2-3,6H,4-5H2,1H3,(H,12,13,15). The second-order valence-electron chi connectivity index (χ2n) is 3.63. The van der Waals surface area contributed by atoms with E-state index >= 15 is 0 Å². The van der Waals surface area contributed by atoms with E-state index in [1.807, 2.05) is 0 Å². The molecule has 0 saturated carbocycles. The van der Waals surface area contributed by atoms with Crippen LogP contribution < -0.4 is 10.1 Å². The van der Waals surface area contributed by atoms with Crippen molar-refractivity contribution in [3.8, 4) is 5.75 Å². The lowest BCUT2D eigenvalue weighted by Gasteiger charge is -2.06. The fraction of sp³-hybridized carbons (Fsp3) is 0.273. The number of carbonyl (C=O) groups excluding carboxylic acids is 1. The van der Waals surface area contributed by atoms with Crippen molar-refractivity contribution in [1.29, 1.82) is 0 Å². The molecule has 0 fully saturated rings. The van der Waals surface area contributed by atoms with Crippen LogP contribution in [0, 0.1) is 10.1 Å². The lowest BCUT2D eigenvalue weighted by molar-refractivity contribution is -0.385. The molecule has 0 bridgehead atoms. The molecule has 1 aromatic rings. The van der Waals surface area contributed by atoms with Crippen molar-refractivity contribution in [3.63, 3.8) is 0 Å². The SMILES string of the molecule is COc1ccc(C(=O)NC2=NCCS2)cc1[N+](=O)[O-]. The third kappa shape index (κ3) is 3.02. The lowest BCUT2D eigenvalue weighted by atomic mass is 10.2. The van der Waals surface area contributed by atoms with Gasteiger partial charge in [0, 0.05) is 17.4 Å². The highest BCUT2D eigenvalue weighted by molar-refractivity contribution is 8.14. The van der Waals surface area contributed by atoms with Crippen LogP contribution in [0.15, 0.2) is 23.2 Å². The van der Waals surface area contributed by atoms with Gasteiger partial charge in [0.2, 0.25) is 0 Å². The number of methoxy groups -OCH3 is 1. The molecule has 1 aliphatic heterocycles. The van der Waals surface area contributed by atoms with Crippen LogP contribution >= 0.6 is 11.8 Å². The Kier molecular flexibility index (Phi) is 4.00. The van der Waals surface area contributed by atoms with Gasteiger partial charge >= 0.3 is 5.69 Å². The molecule has 1 aromatic carbocycles. The maximum Gasteiger partial charge on any atom is 0.311 e. The third-order valence-electron chi connectivity index (χ3n) is 2.44. The molecule has 0 unspecified atom stereocenters. The number of rotatable bonds is 3. The maximum absolute atomic E-state index is 11.9. The summed E-state index contributed by atoms with van der Waals surface area (Å²) in [6.07, 6.45) is 0. The first-order chi connectivity index (χ1) is 9.11. The van der Waals surface area contributed by atoms with Gasteiger partial charge in [0.05, 0.1) is 18.6 Å². The Morgan fingerprint density at radius 3 is 2.95 bits per heavy atom. The fourth-order valence-corrected chi connectivity index (χ4v) is 2.28. The highest BCUT2D eigenvalue weighted by Crippen LogP contribution is 2.27. The topological polar surface area (TPSA) is 93.8 Å². The predicted octanol–water partition coefficient (Wildman–Crippen LogP) is 1.44. The van der Waals surface area contributed by atoms with E-state index in [0.717, 1.165) is 5.75 Å². The summed E-state index contributed by atoms with van der Waals surface area (Å²) in [5.41, 5.74) is -0.0427. The number of ether oxygens (including phenoxy) is 1. The monoisotopic (exact) mass is 281 g/mol. The van der Waals surface area contributed by atoms with E-state index in [1.165, 1.54) is 37.1 Å². The third-order valence-corrected chi connectivity index (χ3v) is 3.33. The highest BCUT2D eigenvalue weighted by atomic mass is 32.2. The highest BCUT2D eigenvalue weighted by Gasteiger charge is 2.19. The summed E-state index contributed by atoms with van der Waals surface area (Å²) >= 11 is 1.44. The van der Waals surface area contributed by atoms with Crippen molar-refractivity contribution in [3.05, 3.63) is 33.9 Å². The molecule has 1 amide bonds. The van der Waals surface area contributed by atoms with Gasteiger partial charge in [-0.3, -0.25) is 19.9 Å². The van der Waals surface area contributed by atoms with E-state index in [1.54, 1.807) is 0 Å².